The van der Waals surface area contributed by atoms with Crippen molar-refractivity contribution in [3.8, 4) is 5.75 Å². The molecule has 2 amide bonds. The lowest BCUT2D eigenvalue weighted by Crippen LogP contribution is -2.53. The van der Waals surface area contributed by atoms with Gasteiger partial charge >= 0.3 is 0 Å². The van der Waals surface area contributed by atoms with E-state index < -0.39 is 0 Å². The largest absolute Gasteiger partial charge is 0.497 e. The lowest BCUT2D eigenvalue weighted by atomic mass is 9.95. The second kappa shape index (κ2) is 11.5. The summed E-state index contributed by atoms with van der Waals surface area (Å²) in [5, 5.41) is 0. The van der Waals surface area contributed by atoms with Crippen LogP contribution >= 0.6 is 0 Å². The van der Waals surface area contributed by atoms with E-state index in [9.17, 15) is 14.0 Å². The highest BCUT2D eigenvalue weighted by molar-refractivity contribution is 5.82. The van der Waals surface area contributed by atoms with Gasteiger partial charge in [-0.05, 0) is 54.7 Å². The third-order valence-electron chi connectivity index (χ3n) is 6.95. The summed E-state index contributed by atoms with van der Waals surface area (Å²) in [6.07, 6.45) is 2.89. The van der Waals surface area contributed by atoms with E-state index in [1.54, 1.807) is 24.1 Å². The van der Waals surface area contributed by atoms with E-state index in [1.165, 1.54) is 17.7 Å². The predicted molar refractivity (Wildman–Crippen MR) is 129 cm³/mol. The molecular weight excluding hydrogens is 433 g/mol. The molecule has 0 N–H and O–H groups in total. The van der Waals surface area contributed by atoms with Gasteiger partial charge in [0, 0.05) is 45.8 Å². The molecule has 2 aliphatic heterocycles. The maximum Gasteiger partial charge on any atom is 0.227 e. The second-order valence-electron chi connectivity index (χ2n) is 9.25. The van der Waals surface area contributed by atoms with E-state index in [0.717, 1.165) is 63.3 Å². The van der Waals surface area contributed by atoms with Gasteiger partial charge in [-0.15, -0.1) is 0 Å². The Labute approximate surface area is 201 Å². The first-order chi connectivity index (χ1) is 16.5. The third-order valence-corrected chi connectivity index (χ3v) is 6.95. The van der Waals surface area contributed by atoms with Crippen molar-refractivity contribution in [1.29, 1.82) is 0 Å². The van der Waals surface area contributed by atoms with Crippen LogP contribution in [0.25, 0.3) is 0 Å². The number of piperazine rings is 1. The summed E-state index contributed by atoms with van der Waals surface area (Å²) in [5.74, 6) is 0.619. The second-order valence-corrected chi connectivity index (χ2v) is 9.25. The van der Waals surface area contributed by atoms with Gasteiger partial charge < -0.3 is 14.5 Å². The summed E-state index contributed by atoms with van der Waals surface area (Å²) in [6, 6.07) is 14.2. The van der Waals surface area contributed by atoms with Gasteiger partial charge in [-0.3, -0.25) is 14.5 Å². The van der Waals surface area contributed by atoms with Crippen molar-refractivity contribution in [1.82, 2.24) is 14.7 Å². The van der Waals surface area contributed by atoms with Crippen molar-refractivity contribution in [2.75, 3.05) is 52.9 Å². The molecule has 1 unspecified atom stereocenters. The summed E-state index contributed by atoms with van der Waals surface area (Å²) in [7, 11) is 1.67. The Morgan fingerprint density at radius 1 is 0.912 bits per heavy atom. The quantitative estimate of drug-likeness (QED) is 0.628. The Morgan fingerprint density at radius 3 is 2.26 bits per heavy atom. The zero-order valence-corrected chi connectivity index (χ0v) is 19.9. The number of halogens is 1. The van der Waals surface area contributed by atoms with Crippen LogP contribution in [-0.2, 0) is 22.4 Å². The molecule has 0 bridgehead atoms. The molecule has 1 atom stereocenters. The number of amides is 2. The monoisotopic (exact) mass is 467 g/mol. The number of carbonyl (C=O) groups excluding carboxylic acids is 2. The van der Waals surface area contributed by atoms with Crippen LogP contribution < -0.4 is 4.74 Å². The van der Waals surface area contributed by atoms with Gasteiger partial charge in [-0.2, -0.15) is 0 Å². The van der Waals surface area contributed by atoms with Crippen molar-refractivity contribution in [3.63, 3.8) is 0 Å². The average Bonchev–Trinajstić information content (AvgIpc) is 2.89. The van der Waals surface area contributed by atoms with Crippen molar-refractivity contribution < 1.29 is 18.7 Å². The normalized spacial score (nSPS) is 19.2. The first kappa shape index (κ1) is 24.2. The lowest BCUT2D eigenvalue weighted by molar-refractivity contribution is -0.142. The molecule has 0 aromatic heterocycles. The topological polar surface area (TPSA) is 53.1 Å². The zero-order valence-electron chi connectivity index (χ0n) is 19.9. The predicted octanol–water partition coefficient (Wildman–Crippen LogP) is 3.00. The first-order valence-electron chi connectivity index (χ1n) is 12.2. The molecule has 2 fully saturated rings. The number of ether oxygens (including phenoxy) is 1. The highest BCUT2D eigenvalue weighted by Gasteiger charge is 2.32. The van der Waals surface area contributed by atoms with Gasteiger partial charge in [0.05, 0.1) is 19.4 Å². The number of methoxy groups -OCH3 is 1. The molecule has 7 heteroatoms. The summed E-state index contributed by atoms with van der Waals surface area (Å²) < 4.78 is 18.3. The van der Waals surface area contributed by atoms with Crippen molar-refractivity contribution in [2.45, 2.75) is 25.7 Å². The summed E-state index contributed by atoms with van der Waals surface area (Å²) in [5.41, 5.74) is 2.08. The van der Waals surface area contributed by atoms with Crippen LogP contribution in [0.1, 0.15) is 24.0 Å². The Bertz CT molecular complexity index is 956. The van der Waals surface area contributed by atoms with E-state index in [4.69, 9.17) is 4.74 Å². The molecule has 2 heterocycles. The van der Waals surface area contributed by atoms with E-state index in [2.05, 4.69) is 17.0 Å². The minimum atomic E-state index is -0.305. The Kier molecular flexibility index (Phi) is 8.16. The highest BCUT2D eigenvalue weighted by Crippen LogP contribution is 2.21. The minimum Gasteiger partial charge on any atom is -0.497 e. The number of piperidine rings is 1. The van der Waals surface area contributed by atoms with Crippen LogP contribution in [0.5, 0.6) is 5.75 Å². The van der Waals surface area contributed by atoms with Gasteiger partial charge in [0.25, 0.3) is 0 Å². The lowest BCUT2D eigenvalue weighted by Gasteiger charge is -2.39. The number of rotatable bonds is 7. The minimum absolute atomic E-state index is 0.00691. The van der Waals surface area contributed by atoms with Crippen LogP contribution in [0.15, 0.2) is 48.5 Å². The van der Waals surface area contributed by atoms with Crippen molar-refractivity contribution in [2.24, 2.45) is 5.92 Å². The highest BCUT2D eigenvalue weighted by atomic mass is 19.1. The smallest absolute Gasteiger partial charge is 0.227 e. The van der Waals surface area contributed by atoms with Crippen LogP contribution in [0.2, 0.25) is 0 Å². The number of nitrogens with zero attached hydrogens (tertiary/aromatic N) is 3. The zero-order chi connectivity index (χ0) is 23.9. The number of hydrogen-bond donors (Lipinski definition) is 0. The summed E-state index contributed by atoms with van der Waals surface area (Å²) in [4.78, 5) is 32.1. The van der Waals surface area contributed by atoms with E-state index in [-0.39, 0.29) is 30.0 Å². The molecule has 0 aliphatic carbocycles. The van der Waals surface area contributed by atoms with Gasteiger partial charge in [0.2, 0.25) is 11.8 Å². The number of likely N-dealkylation sites (tertiary alicyclic amines) is 1. The molecule has 2 aromatic rings. The number of benzene rings is 2. The van der Waals surface area contributed by atoms with Crippen LogP contribution in [0, 0.1) is 11.7 Å². The van der Waals surface area contributed by atoms with E-state index in [0.29, 0.717) is 13.1 Å². The Morgan fingerprint density at radius 2 is 1.59 bits per heavy atom. The molecule has 34 heavy (non-hydrogen) atoms. The standard InChI is InChI=1S/C27H34FN3O3/c1-34-25-10-6-21(7-11-25)12-14-29-15-17-30(18-16-29)27(33)23-3-2-13-31(20-23)26(32)19-22-4-8-24(28)9-5-22/h4-11,23H,2-3,12-20H2,1H3. The molecular formula is C27H34FN3O3. The molecule has 0 spiro atoms. The molecule has 0 saturated carbocycles. The van der Waals surface area contributed by atoms with Crippen LogP contribution in [0.4, 0.5) is 4.39 Å². The third kappa shape index (κ3) is 6.35. The number of carbonyl (C=O) groups is 2. The molecule has 182 valence electrons. The maximum absolute atomic E-state index is 13.2. The first-order valence-corrected chi connectivity index (χ1v) is 12.2. The van der Waals surface area contributed by atoms with Gasteiger partial charge in [0.15, 0.2) is 0 Å². The van der Waals surface area contributed by atoms with Gasteiger partial charge in [-0.25, -0.2) is 4.39 Å². The fourth-order valence-electron chi connectivity index (χ4n) is 4.82. The molecule has 2 aromatic carbocycles. The summed E-state index contributed by atoms with van der Waals surface area (Å²) in [6.45, 7) is 5.37. The van der Waals surface area contributed by atoms with E-state index >= 15 is 0 Å². The van der Waals surface area contributed by atoms with Crippen molar-refractivity contribution in [3.05, 3.63) is 65.5 Å². The SMILES string of the molecule is COc1ccc(CCN2CCN(C(=O)C3CCCN(C(=O)Cc4ccc(F)cc4)C3)CC2)cc1. The Balaban J connectivity index is 1.22. The fraction of sp³-hybridized carbons (Fsp3) is 0.481. The fourth-order valence-corrected chi connectivity index (χ4v) is 4.82. The number of hydrogen-bond acceptors (Lipinski definition) is 4. The molecule has 2 saturated heterocycles. The molecule has 2 aliphatic rings. The van der Waals surface area contributed by atoms with Gasteiger partial charge in [0.1, 0.15) is 11.6 Å². The Hall–Kier alpha value is -2.93. The maximum atomic E-state index is 13.2. The van der Waals surface area contributed by atoms with Crippen molar-refractivity contribution >= 4 is 11.8 Å². The van der Waals surface area contributed by atoms with Gasteiger partial charge in [-0.1, -0.05) is 24.3 Å². The summed E-state index contributed by atoms with van der Waals surface area (Å²) >= 11 is 0. The van der Waals surface area contributed by atoms with Crippen LogP contribution in [0.3, 0.4) is 0 Å². The molecule has 6 nitrogen and oxygen atoms in total. The molecule has 0 radical (unpaired) electrons. The molecule has 4 rings (SSSR count). The van der Waals surface area contributed by atoms with Crippen LogP contribution in [-0.4, -0.2) is 79.4 Å². The van der Waals surface area contributed by atoms with E-state index in [1.807, 2.05) is 17.0 Å². The average molecular weight is 468 g/mol.